The van der Waals surface area contributed by atoms with Crippen LogP contribution in [-0.2, 0) is 9.53 Å². The lowest BCUT2D eigenvalue weighted by molar-refractivity contribution is -0.120. The second-order valence-electron chi connectivity index (χ2n) is 4.33. The molecule has 0 aromatic rings. The molecule has 0 aromatic carbocycles. The zero-order valence-corrected chi connectivity index (χ0v) is 11.3. The summed E-state index contributed by atoms with van der Waals surface area (Å²) >= 11 is 0. The van der Waals surface area contributed by atoms with E-state index >= 15 is 0 Å². The molecule has 1 amide bonds. The molecule has 0 bridgehead atoms. The van der Waals surface area contributed by atoms with E-state index in [1.165, 1.54) is 25.7 Å². The molecule has 0 saturated carbocycles. The monoisotopic (exact) mass is 244 g/mol. The first-order valence-corrected chi connectivity index (χ1v) is 6.82. The van der Waals surface area contributed by atoms with Crippen LogP contribution in [0.1, 0.15) is 52.4 Å². The van der Waals surface area contributed by atoms with Crippen LogP contribution in [0.25, 0.3) is 0 Å². The van der Waals surface area contributed by atoms with E-state index in [0.29, 0.717) is 13.0 Å². The molecule has 0 aromatic heterocycles. The highest BCUT2D eigenvalue weighted by atomic mass is 16.5. The summed E-state index contributed by atoms with van der Waals surface area (Å²) in [4.78, 5) is 11.0. The molecule has 1 atom stereocenters. The first-order chi connectivity index (χ1) is 8.22. The molecule has 3 N–H and O–H groups in total. The normalized spacial score (nSPS) is 12.6. The maximum absolute atomic E-state index is 11.0. The van der Waals surface area contributed by atoms with Gasteiger partial charge in [-0.2, -0.15) is 0 Å². The van der Waals surface area contributed by atoms with Crippen LogP contribution in [0, 0.1) is 0 Å². The predicted octanol–water partition coefficient (Wildman–Crippen LogP) is 1.83. The molecule has 0 fully saturated rings. The summed E-state index contributed by atoms with van der Waals surface area (Å²) in [6, 6.07) is -0.250. The van der Waals surface area contributed by atoms with Gasteiger partial charge in [0.05, 0.1) is 6.04 Å². The lowest BCUT2D eigenvalue weighted by Crippen LogP contribution is -2.41. The van der Waals surface area contributed by atoms with E-state index in [1.807, 2.05) is 6.92 Å². The van der Waals surface area contributed by atoms with Crippen molar-refractivity contribution in [2.24, 2.45) is 5.73 Å². The van der Waals surface area contributed by atoms with Gasteiger partial charge in [-0.3, -0.25) is 4.79 Å². The van der Waals surface area contributed by atoms with Crippen LogP contribution in [0.3, 0.4) is 0 Å². The molecule has 0 saturated heterocycles. The highest BCUT2D eigenvalue weighted by Gasteiger charge is 2.12. The van der Waals surface area contributed by atoms with Crippen LogP contribution >= 0.6 is 0 Å². The van der Waals surface area contributed by atoms with Crippen LogP contribution in [0.15, 0.2) is 0 Å². The van der Waals surface area contributed by atoms with E-state index in [0.717, 1.165) is 19.6 Å². The van der Waals surface area contributed by atoms with Gasteiger partial charge in [-0.25, -0.2) is 0 Å². The number of amides is 1. The summed E-state index contributed by atoms with van der Waals surface area (Å²) in [5.41, 5.74) is 5.26. The molecule has 0 radical (unpaired) electrons. The number of ether oxygens (including phenoxy) is 1. The van der Waals surface area contributed by atoms with Gasteiger partial charge < -0.3 is 15.8 Å². The van der Waals surface area contributed by atoms with Crippen molar-refractivity contribution in [3.8, 4) is 0 Å². The number of primary amides is 1. The van der Waals surface area contributed by atoms with Crippen LogP contribution in [0.4, 0.5) is 0 Å². The minimum absolute atomic E-state index is 0.250. The standard InChI is InChI=1S/C13H28N2O2/c1-3-5-6-7-8-10-17-11-9-12(13(14)16)15-4-2/h12,15H,3-11H2,1-2H3,(H2,14,16). The fraction of sp³-hybridized carbons (Fsp3) is 0.923. The minimum Gasteiger partial charge on any atom is -0.381 e. The van der Waals surface area contributed by atoms with Crippen molar-refractivity contribution in [1.82, 2.24) is 5.32 Å². The number of hydrogen-bond acceptors (Lipinski definition) is 3. The largest absolute Gasteiger partial charge is 0.381 e. The molecule has 1 unspecified atom stereocenters. The number of rotatable bonds is 12. The summed E-state index contributed by atoms with van der Waals surface area (Å²) in [7, 11) is 0. The number of carbonyl (C=O) groups excluding carboxylic acids is 1. The fourth-order valence-electron chi connectivity index (χ4n) is 1.70. The zero-order chi connectivity index (χ0) is 12.9. The molecule has 17 heavy (non-hydrogen) atoms. The zero-order valence-electron chi connectivity index (χ0n) is 11.3. The third-order valence-electron chi connectivity index (χ3n) is 2.74. The van der Waals surface area contributed by atoms with E-state index in [9.17, 15) is 4.79 Å². The van der Waals surface area contributed by atoms with Gasteiger partial charge in [0.25, 0.3) is 0 Å². The Hall–Kier alpha value is -0.610. The Bertz CT molecular complexity index is 186. The average molecular weight is 244 g/mol. The summed E-state index contributed by atoms with van der Waals surface area (Å²) in [6.45, 7) is 6.33. The van der Waals surface area contributed by atoms with Gasteiger partial charge in [0, 0.05) is 13.2 Å². The molecule has 102 valence electrons. The number of carbonyl (C=O) groups is 1. The number of hydrogen-bond donors (Lipinski definition) is 2. The van der Waals surface area contributed by atoms with E-state index in [-0.39, 0.29) is 11.9 Å². The van der Waals surface area contributed by atoms with Gasteiger partial charge in [-0.05, 0) is 19.4 Å². The van der Waals surface area contributed by atoms with Crippen LogP contribution in [-0.4, -0.2) is 31.7 Å². The van der Waals surface area contributed by atoms with Gasteiger partial charge in [0.2, 0.25) is 5.91 Å². The van der Waals surface area contributed by atoms with Crippen molar-refractivity contribution in [2.45, 2.75) is 58.4 Å². The second kappa shape index (κ2) is 11.9. The maximum atomic E-state index is 11.0. The number of nitrogens with one attached hydrogen (secondary N) is 1. The minimum atomic E-state index is -0.293. The highest BCUT2D eigenvalue weighted by molar-refractivity contribution is 5.79. The highest BCUT2D eigenvalue weighted by Crippen LogP contribution is 2.02. The van der Waals surface area contributed by atoms with Crippen molar-refractivity contribution in [3.05, 3.63) is 0 Å². The van der Waals surface area contributed by atoms with Gasteiger partial charge >= 0.3 is 0 Å². The van der Waals surface area contributed by atoms with Gasteiger partial charge in [-0.1, -0.05) is 39.5 Å². The Balaban J connectivity index is 3.33. The smallest absolute Gasteiger partial charge is 0.234 e. The maximum Gasteiger partial charge on any atom is 0.234 e. The van der Waals surface area contributed by atoms with Crippen LogP contribution < -0.4 is 11.1 Å². The van der Waals surface area contributed by atoms with E-state index < -0.39 is 0 Å². The quantitative estimate of drug-likeness (QED) is 0.515. The first kappa shape index (κ1) is 16.4. The lowest BCUT2D eigenvalue weighted by atomic mass is 10.2. The first-order valence-electron chi connectivity index (χ1n) is 6.82. The molecule has 0 aliphatic carbocycles. The van der Waals surface area contributed by atoms with E-state index in [1.54, 1.807) is 0 Å². The number of likely N-dealkylation sites (N-methyl/N-ethyl adjacent to an activating group) is 1. The summed E-state index contributed by atoms with van der Waals surface area (Å²) in [5, 5.41) is 3.05. The second-order valence-corrected chi connectivity index (χ2v) is 4.33. The topological polar surface area (TPSA) is 64.3 Å². The van der Waals surface area contributed by atoms with Crippen molar-refractivity contribution < 1.29 is 9.53 Å². The molecule has 0 rings (SSSR count). The van der Waals surface area contributed by atoms with Gasteiger partial charge in [0.15, 0.2) is 0 Å². The van der Waals surface area contributed by atoms with Crippen LogP contribution in [0.5, 0.6) is 0 Å². The van der Waals surface area contributed by atoms with Crippen molar-refractivity contribution in [1.29, 1.82) is 0 Å². The van der Waals surface area contributed by atoms with Gasteiger partial charge in [-0.15, -0.1) is 0 Å². The summed E-state index contributed by atoms with van der Waals surface area (Å²) < 4.78 is 5.49. The molecular weight excluding hydrogens is 216 g/mol. The van der Waals surface area contributed by atoms with Crippen LogP contribution in [0.2, 0.25) is 0 Å². The Kier molecular flexibility index (Phi) is 11.4. The molecular formula is C13H28N2O2. The third kappa shape index (κ3) is 10.3. The van der Waals surface area contributed by atoms with Crippen molar-refractivity contribution in [2.75, 3.05) is 19.8 Å². The average Bonchev–Trinajstić information content (AvgIpc) is 2.31. The van der Waals surface area contributed by atoms with Gasteiger partial charge in [0.1, 0.15) is 0 Å². The molecule has 0 aliphatic rings. The van der Waals surface area contributed by atoms with E-state index in [4.69, 9.17) is 10.5 Å². The number of unbranched alkanes of at least 4 members (excludes halogenated alkanes) is 4. The lowest BCUT2D eigenvalue weighted by Gasteiger charge is -2.13. The SMILES string of the molecule is CCCCCCCOCCC(NCC)C(N)=O. The fourth-order valence-corrected chi connectivity index (χ4v) is 1.70. The number of nitrogens with two attached hydrogens (primary N) is 1. The Morgan fingerprint density at radius 2 is 1.88 bits per heavy atom. The van der Waals surface area contributed by atoms with E-state index in [2.05, 4.69) is 12.2 Å². The van der Waals surface area contributed by atoms with Crippen molar-refractivity contribution in [3.63, 3.8) is 0 Å². The third-order valence-corrected chi connectivity index (χ3v) is 2.74. The molecule has 4 nitrogen and oxygen atoms in total. The Morgan fingerprint density at radius 3 is 2.47 bits per heavy atom. The molecule has 0 heterocycles. The summed E-state index contributed by atoms with van der Waals surface area (Å²) in [6.07, 6.45) is 6.88. The molecule has 0 aliphatic heterocycles. The summed E-state index contributed by atoms with van der Waals surface area (Å²) in [5.74, 6) is -0.293. The predicted molar refractivity (Wildman–Crippen MR) is 70.9 cm³/mol. The van der Waals surface area contributed by atoms with Crippen molar-refractivity contribution >= 4 is 5.91 Å². The molecule has 4 heteroatoms. The Labute approximate surface area is 105 Å². The molecule has 0 spiro atoms. The Morgan fingerprint density at radius 1 is 1.18 bits per heavy atom.